The molecule has 1 aromatic heterocycles. The average molecular weight is 400 g/mol. The molecule has 0 saturated carbocycles. The maximum Gasteiger partial charge on any atom is 0.251 e. The number of amides is 1. The Labute approximate surface area is 168 Å². The van der Waals surface area contributed by atoms with Gasteiger partial charge in [-0.1, -0.05) is 48.0 Å². The van der Waals surface area contributed by atoms with E-state index in [1.807, 2.05) is 41.8 Å². The van der Waals surface area contributed by atoms with Crippen LogP contribution in [0.2, 0.25) is 5.02 Å². The molecule has 2 aromatic carbocycles. The lowest BCUT2D eigenvalue weighted by Gasteiger charge is -2.25. The van der Waals surface area contributed by atoms with E-state index in [2.05, 4.69) is 35.2 Å². The summed E-state index contributed by atoms with van der Waals surface area (Å²) in [6.07, 6.45) is 0. The molecule has 0 saturated heterocycles. The number of carbonyl (C=O) groups excluding carboxylic acids is 1. The van der Waals surface area contributed by atoms with Gasteiger partial charge in [-0.2, -0.15) is 0 Å². The first-order chi connectivity index (χ1) is 13.0. The summed E-state index contributed by atoms with van der Waals surface area (Å²) < 4.78 is 0. The highest BCUT2D eigenvalue weighted by atomic mass is 35.5. The number of aromatic nitrogens is 1. The van der Waals surface area contributed by atoms with Gasteiger partial charge in [-0.05, 0) is 37.7 Å². The van der Waals surface area contributed by atoms with Gasteiger partial charge in [0.15, 0.2) is 0 Å². The van der Waals surface area contributed by atoms with E-state index in [4.69, 9.17) is 11.6 Å². The molecule has 6 heteroatoms. The maximum absolute atomic E-state index is 12.1. The van der Waals surface area contributed by atoms with Crippen LogP contribution in [0.4, 0.5) is 0 Å². The maximum atomic E-state index is 12.1. The molecule has 0 aliphatic rings. The van der Waals surface area contributed by atoms with E-state index in [1.165, 1.54) is 0 Å². The highest BCUT2D eigenvalue weighted by molar-refractivity contribution is 7.09. The van der Waals surface area contributed by atoms with Crippen LogP contribution in [0.25, 0.3) is 0 Å². The summed E-state index contributed by atoms with van der Waals surface area (Å²) in [6.45, 7) is 3.28. The van der Waals surface area contributed by atoms with Crippen molar-refractivity contribution in [2.75, 3.05) is 7.05 Å². The van der Waals surface area contributed by atoms with Crippen molar-refractivity contribution in [2.45, 2.75) is 26.1 Å². The zero-order valence-electron chi connectivity index (χ0n) is 15.4. The fourth-order valence-electron chi connectivity index (χ4n) is 2.79. The summed E-state index contributed by atoms with van der Waals surface area (Å²) in [7, 11) is 2.06. The van der Waals surface area contributed by atoms with Crippen molar-refractivity contribution in [3.05, 3.63) is 86.8 Å². The van der Waals surface area contributed by atoms with Crippen LogP contribution in [-0.4, -0.2) is 22.8 Å². The van der Waals surface area contributed by atoms with Gasteiger partial charge in [0.05, 0.1) is 12.2 Å². The molecule has 0 aliphatic carbocycles. The van der Waals surface area contributed by atoms with Crippen LogP contribution in [0.3, 0.4) is 0 Å². The second kappa shape index (κ2) is 9.13. The van der Waals surface area contributed by atoms with Gasteiger partial charge in [0.25, 0.3) is 5.91 Å². The van der Waals surface area contributed by atoms with Gasteiger partial charge >= 0.3 is 0 Å². The molecule has 0 radical (unpaired) electrons. The third kappa shape index (κ3) is 5.16. The minimum Gasteiger partial charge on any atom is -0.346 e. The fraction of sp³-hybridized carbons (Fsp3) is 0.238. The van der Waals surface area contributed by atoms with E-state index >= 15 is 0 Å². The van der Waals surface area contributed by atoms with Crippen LogP contribution in [0.15, 0.2) is 60.0 Å². The second-order valence-corrected chi connectivity index (χ2v) is 7.74. The molecule has 0 bridgehead atoms. The topological polar surface area (TPSA) is 45.2 Å². The Hall–Kier alpha value is -2.21. The molecule has 1 heterocycles. The Kier molecular flexibility index (Phi) is 6.61. The first kappa shape index (κ1) is 19.5. The number of halogens is 1. The normalized spacial score (nSPS) is 12.1. The van der Waals surface area contributed by atoms with E-state index < -0.39 is 0 Å². The molecule has 140 valence electrons. The van der Waals surface area contributed by atoms with Crippen LogP contribution < -0.4 is 5.32 Å². The van der Waals surface area contributed by atoms with Gasteiger partial charge in [-0.3, -0.25) is 9.69 Å². The van der Waals surface area contributed by atoms with Crippen LogP contribution >= 0.6 is 22.9 Å². The van der Waals surface area contributed by atoms with Crippen LogP contribution in [0.1, 0.15) is 39.6 Å². The number of thiazole rings is 1. The van der Waals surface area contributed by atoms with E-state index in [9.17, 15) is 4.79 Å². The minimum absolute atomic E-state index is 0.0863. The van der Waals surface area contributed by atoms with Crippen molar-refractivity contribution in [1.82, 2.24) is 15.2 Å². The Balaban J connectivity index is 1.56. The first-order valence-electron chi connectivity index (χ1n) is 8.76. The number of nitrogens with zero attached hydrogens (tertiary/aromatic N) is 2. The van der Waals surface area contributed by atoms with Crippen LogP contribution in [0, 0.1) is 0 Å². The molecular weight excluding hydrogens is 378 g/mol. The zero-order valence-corrected chi connectivity index (χ0v) is 16.9. The fourth-order valence-corrected chi connectivity index (χ4v) is 3.81. The molecule has 4 nitrogen and oxygen atoms in total. The second-order valence-electron chi connectivity index (χ2n) is 6.39. The third-order valence-electron chi connectivity index (χ3n) is 4.46. The van der Waals surface area contributed by atoms with Crippen molar-refractivity contribution in [3.63, 3.8) is 0 Å². The zero-order chi connectivity index (χ0) is 19.2. The van der Waals surface area contributed by atoms with Gasteiger partial charge < -0.3 is 5.32 Å². The largest absolute Gasteiger partial charge is 0.346 e. The van der Waals surface area contributed by atoms with E-state index in [1.54, 1.807) is 23.5 Å². The molecule has 1 atom stereocenters. The molecule has 1 amide bonds. The lowest BCUT2D eigenvalue weighted by molar-refractivity contribution is 0.0951. The molecule has 27 heavy (non-hydrogen) atoms. The number of carbonyl (C=O) groups is 1. The van der Waals surface area contributed by atoms with Crippen molar-refractivity contribution in [3.8, 4) is 0 Å². The van der Waals surface area contributed by atoms with Gasteiger partial charge in [-0.15, -0.1) is 11.3 Å². The summed E-state index contributed by atoms with van der Waals surface area (Å²) in [5.41, 5.74) is 2.75. The number of hydrogen-bond donors (Lipinski definition) is 1. The monoisotopic (exact) mass is 399 g/mol. The molecule has 0 aliphatic heterocycles. The van der Waals surface area contributed by atoms with Crippen molar-refractivity contribution >= 4 is 28.8 Å². The lowest BCUT2D eigenvalue weighted by atomic mass is 10.1. The predicted molar refractivity (Wildman–Crippen MR) is 111 cm³/mol. The molecule has 1 N–H and O–H groups in total. The van der Waals surface area contributed by atoms with Gasteiger partial charge in [0.2, 0.25) is 0 Å². The SMILES string of the molecule is C[C@@H](c1ccccc1Cl)N(C)Cc1csc(CNC(=O)c2ccccc2)n1. The van der Waals surface area contributed by atoms with Crippen molar-refractivity contribution in [1.29, 1.82) is 0 Å². The van der Waals surface area contributed by atoms with Crippen LogP contribution in [-0.2, 0) is 13.1 Å². The number of benzene rings is 2. The molecule has 3 aromatic rings. The molecule has 0 fully saturated rings. The van der Waals surface area contributed by atoms with Gasteiger partial charge in [-0.25, -0.2) is 4.98 Å². The third-order valence-corrected chi connectivity index (χ3v) is 5.71. The quantitative estimate of drug-likeness (QED) is 0.613. The first-order valence-corrected chi connectivity index (χ1v) is 10.0. The molecule has 0 unspecified atom stereocenters. The standard InChI is InChI=1S/C21H22ClN3OS/c1-15(18-10-6-7-11-19(18)22)25(2)13-17-14-27-20(24-17)12-23-21(26)16-8-4-3-5-9-16/h3-11,14-15H,12-13H2,1-2H3,(H,23,26)/t15-/m0/s1. The van der Waals surface area contributed by atoms with Gasteiger partial charge in [0.1, 0.15) is 5.01 Å². The predicted octanol–water partition coefficient (Wildman–Crippen LogP) is 4.92. The van der Waals surface area contributed by atoms with E-state index in [0.29, 0.717) is 12.1 Å². The summed E-state index contributed by atoms with van der Waals surface area (Å²) >= 11 is 7.87. The Morgan fingerprint density at radius 2 is 1.89 bits per heavy atom. The smallest absolute Gasteiger partial charge is 0.251 e. The summed E-state index contributed by atoms with van der Waals surface area (Å²) in [4.78, 5) is 19.0. The molecule has 3 rings (SSSR count). The Bertz CT molecular complexity index is 897. The van der Waals surface area contributed by atoms with Crippen molar-refractivity contribution in [2.24, 2.45) is 0 Å². The number of nitrogens with one attached hydrogen (secondary N) is 1. The van der Waals surface area contributed by atoms with Crippen LogP contribution in [0.5, 0.6) is 0 Å². The lowest BCUT2D eigenvalue weighted by Crippen LogP contribution is -2.23. The number of rotatable bonds is 7. The molecular formula is C21H22ClN3OS. The molecule has 0 spiro atoms. The minimum atomic E-state index is -0.0863. The summed E-state index contributed by atoms with van der Waals surface area (Å²) in [5.74, 6) is -0.0863. The van der Waals surface area contributed by atoms with Crippen molar-refractivity contribution < 1.29 is 4.79 Å². The van der Waals surface area contributed by atoms with E-state index in [0.717, 1.165) is 27.8 Å². The van der Waals surface area contributed by atoms with Gasteiger partial charge in [0, 0.05) is 28.6 Å². The summed E-state index contributed by atoms with van der Waals surface area (Å²) in [5, 5.41) is 6.63. The highest BCUT2D eigenvalue weighted by Crippen LogP contribution is 2.27. The number of hydrogen-bond acceptors (Lipinski definition) is 4. The Morgan fingerprint density at radius 1 is 1.19 bits per heavy atom. The average Bonchev–Trinajstić information content (AvgIpc) is 3.14. The van der Waals surface area contributed by atoms with E-state index in [-0.39, 0.29) is 11.9 Å². The summed E-state index contributed by atoms with van der Waals surface area (Å²) in [6, 6.07) is 17.3. The highest BCUT2D eigenvalue weighted by Gasteiger charge is 2.16. The Morgan fingerprint density at radius 3 is 2.63 bits per heavy atom.